The lowest BCUT2D eigenvalue weighted by atomic mass is 9.86. The molecule has 1 aliphatic carbocycles. The Kier molecular flexibility index (Phi) is 13.0. The minimum Gasteiger partial charge on any atom is -0.478 e. The molecule has 18 nitrogen and oxygen atoms in total. The van der Waals surface area contributed by atoms with E-state index in [2.05, 4.69) is 42.6 Å². The number of fused-ring (bicyclic) bond motifs is 2. The average Bonchev–Trinajstić information content (AvgIpc) is 3.56. The van der Waals surface area contributed by atoms with Crippen LogP contribution in [0.5, 0.6) is 5.75 Å². The monoisotopic (exact) mass is 936 g/mol. The van der Waals surface area contributed by atoms with Gasteiger partial charge in [-0.25, -0.2) is 4.98 Å². The molecule has 9 rings (SSSR count). The minimum atomic E-state index is -0.995. The average molecular weight is 937 g/mol. The Morgan fingerprint density at radius 2 is 1.75 bits per heavy atom. The van der Waals surface area contributed by atoms with Gasteiger partial charge in [-0.05, 0) is 101 Å². The zero-order valence-corrected chi connectivity index (χ0v) is 39.2. The summed E-state index contributed by atoms with van der Waals surface area (Å²) >= 11 is 6.61. The van der Waals surface area contributed by atoms with Crippen LogP contribution in [0, 0.1) is 6.92 Å². The van der Waals surface area contributed by atoms with Gasteiger partial charge in [-0.3, -0.25) is 43.9 Å². The number of hydrogen-bond acceptors (Lipinski definition) is 14. The van der Waals surface area contributed by atoms with Crippen LogP contribution in [0.3, 0.4) is 0 Å². The number of benzene rings is 2. The first kappa shape index (κ1) is 46.0. The molecule has 4 aromatic rings. The Morgan fingerprint density at radius 1 is 0.970 bits per heavy atom. The largest absolute Gasteiger partial charge is 0.478 e. The van der Waals surface area contributed by atoms with Crippen molar-refractivity contribution in [3.8, 4) is 5.75 Å². The molecule has 2 aromatic carbocycles. The number of rotatable bonds is 13. The van der Waals surface area contributed by atoms with Crippen LogP contribution in [0.1, 0.15) is 98.0 Å². The van der Waals surface area contributed by atoms with Crippen LogP contribution in [-0.2, 0) is 19.1 Å². The SMILES string of the molecule is CCC1CN([C@H]2C[C@H](OC3CCN(c4ncc(Cl)c(Nc5ccc6c(c5)cc(OCC(=O)NC)c(=O)n6C(C)C)n4)CC3)C2)CCN1c1ccc2c(c1C)C(=O)N(C1CCC(=O)NC1=O)C2=O. The van der Waals surface area contributed by atoms with E-state index in [1.54, 1.807) is 22.9 Å². The zero-order chi connectivity index (χ0) is 47.3. The van der Waals surface area contributed by atoms with Gasteiger partial charge in [-0.1, -0.05) is 18.5 Å². The first-order valence-corrected chi connectivity index (χ1v) is 23.7. The fourth-order valence-electron chi connectivity index (χ4n) is 10.3. The van der Waals surface area contributed by atoms with Gasteiger partial charge in [0.1, 0.15) is 11.1 Å². The lowest BCUT2D eigenvalue weighted by Crippen LogP contribution is -2.59. The van der Waals surface area contributed by atoms with E-state index in [9.17, 15) is 28.8 Å². The van der Waals surface area contributed by atoms with Crippen LogP contribution in [-0.4, -0.2) is 131 Å². The summed E-state index contributed by atoms with van der Waals surface area (Å²) in [4.78, 5) is 94.2. The van der Waals surface area contributed by atoms with Gasteiger partial charge < -0.3 is 34.5 Å². The first-order chi connectivity index (χ1) is 32.2. The van der Waals surface area contributed by atoms with Crippen molar-refractivity contribution >= 4 is 75.2 Å². The summed E-state index contributed by atoms with van der Waals surface area (Å²) in [6.07, 6.45) is 6.70. The van der Waals surface area contributed by atoms with Crippen molar-refractivity contribution in [1.29, 1.82) is 0 Å². The third-order valence-corrected chi connectivity index (χ3v) is 14.3. The van der Waals surface area contributed by atoms with E-state index in [1.807, 2.05) is 45.0 Å². The van der Waals surface area contributed by atoms with Crippen molar-refractivity contribution in [3.63, 3.8) is 0 Å². The highest BCUT2D eigenvalue weighted by molar-refractivity contribution is 6.33. The standard InChI is InChI=1S/C48H57ClN10O8/c1-6-30-24-56(17-18-57(30)36-10-8-34-42(27(36)4)47(65)59(45(34)63)38-11-12-40(60)53-44(38)62)31-21-33(22-31)67-32-13-15-55(16-14-32)48-51-23-35(49)43(54-48)52-29-7-9-37-28(19-29)20-39(66-25-41(61)50-5)46(64)58(37)26(2)3/h7-10,19-20,23,26,30-33,38H,6,11-18,21-22,24-25H2,1-5H3,(H,50,61)(H,51,52,54)(H,53,60,62)/t30?,31-,33-,38?. The molecule has 354 valence electrons. The smallest absolute Gasteiger partial charge is 0.293 e. The first-order valence-electron chi connectivity index (χ1n) is 23.3. The van der Waals surface area contributed by atoms with Crippen molar-refractivity contribution in [2.45, 2.75) is 109 Å². The van der Waals surface area contributed by atoms with Gasteiger partial charge in [0, 0.05) is 81.1 Å². The molecule has 2 atom stereocenters. The van der Waals surface area contributed by atoms with Gasteiger partial charge in [0.05, 0.1) is 35.0 Å². The fraction of sp³-hybridized carbons (Fsp3) is 0.500. The van der Waals surface area contributed by atoms with Crippen LogP contribution < -0.4 is 36.0 Å². The predicted octanol–water partition coefficient (Wildman–Crippen LogP) is 4.72. The minimum absolute atomic E-state index is 0.0809. The van der Waals surface area contributed by atoms with Crippen LogP contribution in [0.4, 0.5) is 23.1 Å². The molecule has 0 radical (unpaired) electrons. The summed E-state index contributed by atoms with van der Waals surface area (Å²) in [5, 5.41) is 9.22. The topological polar surface area (TPSA) is 201 Å². The molecule has 0 bridgehead atoms. The molecule has 4 aliphatic heterocycles. The Hall–Kier alpha value is -6.11. The van der Waals surface area contributed by atoms with Gasteiger partial charge in [0.25, 0.3) is 23.3 Å². The Balaban J connectivity index is 0.771. The number of nitrogens with one attached hydrogen (secondary N) is 3. The number of carbonyl (C=O) groups is 5. The molecule has 5 amide bonds. The highest BCUT2D eigenvalue weighted by Crippen LogP contribution is 2.38. The summed E-state index contributed by atoms with van der Waals surface area (Å²) in [5.41, 5.74) is 3.44. The van der Waals surface area contributed by atoms with E-state index in [1.165, 1.54) is 7.05 Å². The van der Waals surface area contributed by atoms with Crippen molar-refractivity contribution < 1.29 is 33.4 Å². The van der Waals surface area contributed by atoms with Crippen LogP contribution in [0.2, 0.25) is 5.02 Å². The number of imide groups is 2. The lowest BCUT2D eigenvalue weighted by Gasteiger charge is -2.50. The highest BCUT2D eigenvalue weighted by atomic mass is 35.5. The summed E-state index contributed by atoms with van der Waals surface area (Å²) < 4.78 is 13.9. The third-order valence-electron chi connectivity index (χ3n) is 14.0. The molecule has 3 N–H and O–H groups in total. The van der Waals surface area contributed by atoms with Gasteiger partial charge in [-0.15, -0.1) is 0 Å². The molecule has 3 saturated heterocycles. The molecule has 6 heterocycles. The highest BCUT2D eigenvalue weighted by Gasteiger charge is 2.46. The second-order valence-electron chi connectivity index (χ2n) is 18.4. The number of likely N-dealkylation sites (N-methyl/N-ethyl adjacent to an activating group) is 1. The van der Waals surface area contributed by atoms with E-state index >= 15 is 0 Å². The van der Waals surface area contributed by atoms with Gasteiger partial charge in [-0.2, -0.15) is 4.98 Å². The Morgan fingerprint density at radius 3 is 2.46 bits per heavy atom. The van der Waals surface area contributed by atoms with Crippen LogP contribution >= 0.6 is 11.6 Å². The Bertz CT molecular complexity index is 2700. The number of piperazine rings is 1. The summed E-state index contributed by atoms with van der Waals surface area (Å²) in [6.45, 7) is 11.6. The molecule has 2 unspecified atom stereocenters. The number of anilines is 4. The number of carbonyl (C=O) groups excluding carboxylic acids is 5. The lowest BCUT2D eigenvalue weighted by molar-refractivity contribution is -0.136. The number of amides is 5. The number of halogens is 1. The number of pyridine rings is 1. The zero-order valence-electron chi connectivity index (χ0n) is 38.5. The van der Waals surface area contributed by atoms with E-state index < -0.39 is 29.7 Å². The molecule has 67 heavy (non-hydrogen) atoms. The normalized spacial score (nSPS) is 22.6. The second-order valence-corrected chi connectivity index (χ2v) is 18.8. The van der Waals surface area contributed by atoms with E-state index in [0.717, 1.165) is 91.9 Å². The van der Waals surface area contributed by atoms with E-state index in [4.69, 9.17) is 26.1 Å². The number of piperidine rings is 2. The molecule has 4 fully saturated rings. The van der Waals surface area contributed by atoms with Crippen molar-refractivity contribution in [1.82, 2.24) is 35.0 Å². The van der Waals surface area contributed by atoms with Gasteiger partial charge >= 0.3 is 0 Å². The van der Waals surface area contributed by atoms with E-state index in [-0.39, 0.29) is 61.0 Å². The maximum absolute atomic E-state index is 13.7. The van der Waals surface area contributed by atoms with E-state index in [0.29, 0.717) is 39.6 Å². The molecule has 5 aliphatic rings. The maximum Gasteiger partial charge on any atom is 0.293 e. The number of nitrogens with zero attached hydrogens (tertiary/aromatic N) is 7. The predicted molar refractivity (Wildman–Crippen MR) is 252 cm³/mol. The molecular weight excluding hydrogens is 880 g/mol. The number of ether oxygens (including phenoxy) is 2. The van der Waals surface area contributed by atoms with Crippen molar-refractivity contribution in [2.75, 3.05) is 61.5 Å². The molecule has 19 heteroatoms. The number of aromatic nitrogens is 3. The fourth-order valence-corrected chi connectivity index (χ4v) is 10.4. The van der Waals surface area contributed by atoms with Gasteiger partial charge in [0.2, 0.25) is 17.8 Å². The van der Waals surface area contributed by atoms with Crippen molar-refractivity contribution in [3.05, 3.63) is 74.7 Å². The molecule has 1 saturated carbocycles. The quantitative estimate of drug-likeness (QED) is 0.156. The maximum atomic E-state index is 13.7. The summed E-state index contributed by atoms with van der Waals surface area (Å²) in [5.74, 6) is -1.20. The van der Waals surface area contributed by atoms with Crippen molar-refractivity contribution in [2.24, 2.45) is 0 Å². The second kappa shape index (κ2) is 18.9. The number of hydrogen-bond donors (Lipinski definition) is 3. The molecular formula is C48H57ClN10O8. The Labute approximate surface area is 393 Å². The third kappa shape index (κ3) is 8.93. The van der Waals surface area contributed by atoms with Crippen LogP contribution in [0.25, 0.3) is 10.9 Å². The molecule has 0 spiro atoms. The van der Waals surface area contributed by atoms with Crippen LogP contribution in [0.15, 0.2) is 47.4 Å². The molecule has 2 aromatic heterocycles. The summed E-state index contributed by atoms with van der Waals surface area (Å²) in [7, 11) is 1.51. The van der Waals surface area contributed by atoms with Gasteiger partial charge in [0.15, 0.2) is 18.2 Å². The summed E-state index contributed by atoms with van der Waals surface area (Å²) in [6, 6.07) is 10.4.